The first kappa shape index (κ1) is 27.1. The summed E-state index contributed by atoms with van der Waals surface area (Å²) in [5, 5.41) is 0. The highest BCUT2D eigenvalue weighted by molar-refractivity contribution is 7.33. The lowest BCUT2D eigenvalue weighted by Gasteiger charge is -2.42. The maximum absolute atomic E-state index is 13.7. The maximum atomic E-state index is 13.7. The van der Waals surface area contributed by atoms with E-state index in [1.54, 1.807) is 0 Å². The lowest BCUT2D eigenvalue weighted by molar-refractivity contribution is -0.467. The topological polar surface area (TPSA) is 35.5 Å². The van der Waals surface area contributed by atoms with E-state index >= 15 is 0 Å². The van der Waals surface area contributed by atoms with Crippen molar-refractivity contribution in [2.45, 2.75) is 48.8 Å². The summed E-state index contributed by atoms with van der Waals surface area (Å²) in [5.41, 5.74) is 0. The van der Waals surface area contributed by atoms with Crippen LogP contribution in [-0.2, 0) is 13.6 Å². The van der Waals surface area contributed by atoms with Gasteiger partial charge in [0.05, 0.1) is 6.61 Å². The van der Waals surface area contributed by atoms with Crippen LogP contribution in [0, 0.1) is 0 Å². The molecule has 0 spiro atoms. The summed E-state index contributed by atoms with van der Waals surface area (Å²) in [6.07, 6.45) is -15.2. The average Bonchev–Trinajstić information content (AvgIpc) is 2.43. The Balaban J connectivity index is 6.65. The van der Waals surface area contributed by atoms with E-state index in [1.165, 1.54) is 0 Å². The fourth-order valence-corrected chi connectivity index (χ4v) is 2.10. The highest BCUT2D eigenvalue weighted by Crippen LogP contribution is 2.63. The number of hydrogen-bond donors (Lipinski definition) is 0. The molecule has 0 aromatic rings. The van der Waals surface area contributed by atoms with Gasteiger partial charge in [-0.15, -0.1) is 0 Å². The molecule has 170 valence electrons. The van der Waals surface area contributed by atoms with Crippen molar-refractivity contribution < 1.29 is 79.5 Å². The van der Waals surface area contributed by atoms with E-state index in [0.29, 0.717) is 0 Å². The molecular weight excluding hydrogens is 472 g/mol. The Morgan fingerprint density at radius 1 is 0.607 bits per heavy atom. The lowest BCUT2D eigenvalue weighted by Crippen LogP contribution is -2.73. The first-order valence-electron chi connectivity index (χ1n) is 6.15. The van der Waals surface area contributed by atoms with Gasteiger partial charge in [0.15, 0.2) is 0 Å². The van der Waals surface area contributed by atoms with Crippen LogP contribution in [-0.4, -0.2) is 48.5 Å². The molecule has 2 atom stereocenters. The SMILES string of the molecule is CCO[PH](=O)OC(F)(C(F)(F)F)C(F)(F)C(F)(F)C(F)(F)C(F)(F)C(F)(F)F. The molecule has 0 aliphatic rings. The minimum Gasteiger partial charge on any atom is -0.311 e. The fourth-order valence-electron chi connectivity index (χ4n) is 1.34. The second-order valence-corrected chi connectivity index (χ2v) is 5.67. The second-order valence-electron chi connectivity index (χ2n) is 4.67. The Hall–Kier alpha value is -0.900. The summed E-state index contributed by atoms with van der Waals surface area (Å²) in [5.74, 6) is -40.3. The van der Waals surface area contributed by atoms with Gasteiger partial charge >= 0.3 is 50.2 Å². The Bertz CT molecular complexity index is 582. The second kappa shape index (κ2) is 7.41. The van der Waals surface area contributed by atoms with Gasteiger partial charge in [-0.3, -0.25) is 9.09 Å². The number of halogens is 15. The van der Waals surface area contributed by atoms with E-state index in [-0.39, 0.29) is 0 Å². The van der Waals surface area contributed by atoms with Crippen molar-refractivity contribution in [1.82, 2.24) is 0 Å². The summed E-state index contributed by atoms with van der Waals surface area (Å²) >= 11 is 0. The van der Waals surface area contributed by atoms with Crippen molar-refractivity contribution in [3.63, 3.8) is 0 Å². The monoisotopic (exact) mass is 478 g/mol. The first-order valence-corrected chi connectivity index (χ1v) is 7.37. The minimum atomic E-state index is -8.38. The van der Waals surface area contributed by atoms with Gasteiger partial charge in [0.25, 0.3) is 0 Å². The molecule has 0 radical (unpaired) electrons. The van der Waals surface area contributed by atoms with Gasteiger partial charge in [0.2, 0.25) is 0 Å². The van der Waals surface area contributed by atoms with Gasteiger partial charge in [-0.05, 0) is 6.92 Å². The van der Waals surface area contributed by atoms with Crippen LogP contribution < -0.4 is 0 Å². The van der Waals surface area contributed by atoms with Crippen LogP contribution in [0.3, 0.4) is 0 Å². The molecule has 0 amide bonds. The van der Waals surface area contributed by atoms with Gasteiger partial charge in [0, 0.05) is 0 Å². The van der Waals surface area contributed by atoms with Gasteiger partial charge in [-0.2, -0.15) is 65.9 Å². The Labute approximate surface area is 144 Å². The lowest BCUT2D eigenvalue weighted by atomic mass is 9.93. The van der Waals surface area contributed by atoms with Gasteiger partial charge in [0.1, 0.15) is 0 Å². The van der Waals surface area contributed by atoms with E-state index in [0.717, 1.165) is 6.92 Å². The molecule has 0 aliphatic heterocycles. The molecule has 0 fully saturated rings. The molecular formula is C9H6F15O3P. The molecule has 0 rings (SSSR count). The summed E-state index contributed by atoms with van der Waals surface area (Å²) in [7, 11) is -5.14. The molecule has 0 heterocycles. The van der Waals surface area contributed by atoms with Crippen LogP contribution in [0.15, 0.2) is 0 Å². The van der Waals surface area contributed by atoms with E-state index < -0.39 is 56.8 Å². The zero-order valence-corrected chi connectivity index (χ0v) is 13.6. The van der Waals surface area contributed by atoms with E-state index in [1.807, 2.05) is 0 Å². The van der Waals surface area contributed by atoms with E-state index in [9.17, 15) is 70.4 Å². The number of hydrogen-bond acceptors (Lipinski definition) is 3. The highest BCUT2D eigenvalue weighted by Gasteiger charge is 2.94. The van der Waals surface area contributed by atoms with Crippen molar-refractivity contribution in [2.24, 2.45) is 0 Å². The third-order valence-electron chi connectivity index (χ3n) is 2.79. The van der Waals surface area contributed by atoms with Crippen LogP contribution in [0.2, 0.25) is 0 Å². The molecule has 0 aliphatic carbocycles. The largest absolute Gasteiger partial charge is 0.460 e. The molecule has 0 aromatic heterocycles. The Kier molecular flexibility index (Phi) is 7.17. The zero-order chi connectivity index (χ0) is 23.2. The maximum Gasteiger partial charge on any atom is 0.460 e. The molecule has 3 nitrogen and oxygen atoms in total. The smallest absolute Gasteiger partial charge is 0.311 e. The summed E-state index contributed by atoms with van der Waals surface area (Å²) < 4.78 is 208. The van der Waals surface area contributed by atoms with Crippen LogP contribution in [0.25, 0.3) is 0 Å². The average molecular weight is 478 g/mol. The molecule has 19 heteroatoms. The highest BCUT2D eigenvalue weighted by atomic mass is 31.1. The molecule has 0 bridgehead atoms. The van der Waals surface area contributed by atoms with Crippen molar-refractivity contribution in [3.05, 3.63) is 0 Å². The van der Waals surface area contributed by atoms with Crippen LogP contribution in [0.5, 0.6) is 0 Å². The predicted octanol–water partition coefficient (Wildman–Crippen LogP) is 5.76. The summed E-state index contributed by atoms with van der Waals surface area (Å²) in [6, 6.07) is 0. The number of alkyl halides is 15. The van der Waals surface area contributed by atoms with Crippen LogP contribution >= 0.6 is 8.25 Å². The van der Waals surface area contributed by atoms with Crippen molar-refractivity contribution in [1.29, 1.82) is 0 Å². The molecule has 0 saturated carbocycles. The van der Waals surface area contributed by atoms with E-state index in [2.05, 4.69) is 9.05 Å². The molecule has 0 aromatic carbocycles. The Morgan fingerprint density at radius 2 is 0.964 bits per heavy atom. The quantitative estimate of drug-likeness (QED) is 0.329. The number of rotatable bonds is 8. The van der Waals surface area contributed by atoms with E-state index in [4.69, 9.17) is 0 Å². The third-order valence-corrected chi connectivity index (χ3v) is 3.77. The van der Waals surface area contributed by atoms with Crippen molar-refractivity contribution in [2.75, 3.05) is 6.61 Å². The molecule has 0 saturated heterocycles. The third kappa shape index (κ3) is 3.91. The molecule has 2 unspecified atom stereocenters. The van der Waals surface area contributed by atoms with Gasteiger partial charge in [-0.1, -0.05) is 0 Å². The summed E-state index contributed by atoms with van der Waals surface area (Å²) in [4.78, 5) is 0. The normalized spacial score (nSPS) is 18.7. The van der Waals surface area contributed by atoms with Crippen molar-refractivity contribution >= 4 is 8.25 Å². The fraction of sp³-hybridized carbons (Fsp3) is 1.00. The van der Waals surface area contributed by atoms with Gasteiger partial charge in [-0.25, -0.2) is 0 Å². The van der Waals surface area contributed by atoms with Crippen molar-refractivity contribution in [3.8, 4) is 0 Å². The van der Waals surface area contributed by atoms with Crippen LogP contribution in [0.1, 0.15) is 6.92 Å². The van der Waals surface area contributed by atoms with Gasteiger partial charge < -0.3 is 4.52 Å². The zero-order valence-electron chi connectivity index (χ0n) is 12.6. The standard InChI is InChI=1S/C9H6F15O3P/c1-2-26-28(25)27-7(18,9(22,23)24)5(14,15)3(10,11)4(12,13)6(16,17)8(19,20)21/h28H,2H2,1H3. The predicted molar refractivity (Wildman–Crippen MR) is 57.4 cm³/mol. The molecule has 28 heavy (non-hydrogen) atoms. The molecule has 0 N–H and O–H groups in total. The minimum absolute atomic E-state index is 0.768. The summed E-state index contributed by atoms with van der Waals surface area (Å²) in [6.45, 7) is -0.222. The Morgan fingerprint density at radius 3 is 1.25 bits per heavy atom. The first-order chi connectivity index (χ1) is 12.0. The van der Waals surface area contributed by atoms with Crippen LogP contribution in [0.4, 0.5) is 65.9 Å².